The fraction of sp³-hybridized carbons (Fsp3) is 0.917. The molecule has 5 nitrogen and oxygen atoms in total. The molecule has 0 aromatic carbocycles. The number of nitrogens with one attached hydrogen (secondary N) is 1. The summed E-state index contributed by atoms with van der Waals surface area (Å²) in [5.74, 6) is 0.432. The van der Waals surface area contributed by atoms with Gasteiger partial charge in [0.25, 0.3) is 0 Å². The Balaban J connectivity index is 0.00000289. The summed E-state index contributed by atoms with van der Waals surface area (Å²) in [4.78, 5) is 11.6. The molecule has 1 rings (SSSR count). The maximum absolute atomic E-state index is 11.6. The molecule has 0 spiro atoms. The second kappa shape index (κ2) is 8.69. The zero-order valence-corrected chi connectivity index (χ0v) is 12.1. The van der Waals surface area contributed by atoms with Gasteiger partial charge in [0.15, 0.2) is 0 Å². The van der Waals surface area contributed by atoms with Gasteiger partial charge in [-0.25, -0.2) is 0 Å². The largest absolute Gasteiger partial charge is 0.379 e. The lowest BCUT2D eigenvalue weighted by atomic mass is 9.96. The molecule has 0 heterocycles. The Morgan fingerprint density at radius 2 is 2.00 bits per heavy atom. The highest BCUT2D eigenvalue weighted by Gasteiger charge is 2.41. The fourth-order valence-electron chi connectivity index (χ4n) is 1.82. The molecule has 18 heavy (non-hydrogen) atoms. The third-order valence-electron chi connectivity index (χ3n) is 3.14. The van der Waals surface area contributed by atoms with Crippen LogP contribution in [0.25, 0.3) is 0 Å². The van der Waals surface area contributed by atoms with E-state index in [0.29, 0.717) is 32.3 Å². The number of halogens is 1. The molecule has 6 heteroatoms. The van der Waals surface area contributed by atoms with E-state index in [4.69, 9.17) is 15.2 Å². The summed E-state index contributed by atoms with van der Waals surface area (Å²) in [6.07, 6.45) is 2.30. The van der Waals surface area contributed by atoms with Crippen molar-refractivity contribution in [3.05, 3.63) is 0 Å². The van der Waals surface area contributed by atoms with Crippen LogP contribution in [0.1, 0.15) is 26.7 Å². The highest BCUT2D eigenvalue weighted by Crippen LogP contribution is 2.38. The molecule has 1 atom stereocenters. The second-order valence-corrected chi connectivity index (χ2v) is 4.69. The molecule has 3 N–H and O–H groups in total. The van der Waals surface area contributed by atoms with Gasteiger partial charge in [0.2, 0.25) is 5.91 Å². The number of nitrogens with two attached hydrogens (primary N) is 1. The number of hydrogen-bond donors (Lipinski definition) is 2. The van der Waals surface area contributed by atoms with Crippen molar-refractivity contribution < 1.29 is 14.3 Å². The van der Waals surface area contributed by atoms with Gasteiger partial charge < -0.3 is 20.5 Å². The van der Waals surface area contributed by atoms with Crippen LogP contribution in [0.2, 0.25) is 0 Å². The third kappa shape index (κ3) is 6.00. The predicted molar refractivity (Wildman–Crippen MR) is 72.9 cm³/mol. The number of ether oxygens (including phenoxy) is 2. The molecule has 0 aromatic rings. The summed E-state index contributed by atoms with van der Waals surface area (Å²) < 4.78 is 10.3. The normalized spacial score (nSPS) is 17.7. The summed E-state index contributed by atoms with van der Waals surface area (Å²) in [7, 11) is 0. The lowest BCUT2D eigenvalue weighted by molar-refractivity contribution is -0.128. The van der Waals surface area contributed by atoms with Gasteiger partial charge in [-0.15, -0.1) is 12.4 Å². The van der Waals surface area contributed by atoms with Gasteiger partial charge in [-0.05, 0) is 32.6 Å². The zero-order chi connectivity index (χ0) is 12.7. The van der Waals surface area contributed by atoms with Crippen LogP contribution in [0.5, 0.6) is 0 Å². The van der Waals surface area contributed by atoms with Gasteiger partial charge in [0, 0.05) is 13.2 Å². The maximum atomic E-state index is 11.6. The Kier molecular flexibility index (Phi) is 8.52. The number of amides is 1. The first-order valence-corrected chi connectivity index (χ1v) is 6.29. The Morgan fingerprint density at radius 3 is 2.50 bits per heavy atom. The molecular weight excluding hydrogens is 256 g/mol. The molecule has 0 aromatic heterocycles. The van der Waals surface area contributed by atoms with Crippen LogP contribution < -0.4 is 11.1 Å². The molecule has 0 saturated heterocycles. The Labute approximate surface area is 115 Å². The topological polar surface area (TPSA) is 73.6 Å². The molecule has 1 fully saturated rings. The van der Waals surface area contributed by atoms with E-state index in [1.54, 1.807) is 0 Å². The van der Waals surface area contributed by atoms with Crippen molar-refractivity contribution in [2.45, 2.75) is 32.2 Å². The van der Waals surface area contributed by atoms with Crippen molar-refractivity contribution in [3.63, 3.8) is 0 Å². The standard InChI is InChI=1S/C12H24N2O3.ClH/c1-3-16-6-7-17-8-11(15)14-12(2,9-13)10-4-5-10;/h10H,3-9,13H2,1-2H3,(H,14,15);1H. The van der Waals surface area contributed by atoms with Crippen molar-refractivity contribution in [1.29, 1.82) is 0 Å². The first-order valence-electron chi connectivity index (χ1n) is 6.29. The third-order valence-corrected chi connectivity index (χ3v) is 3.14. The van der Waals surface area contributed by atoms with Gasteiger partial charge in [0.05, 0.1) is 18.8 Å². The molecule has 1 amide bonds. The summed E-state index contributed by atoms with van der Waals surface area (Å²) in [6.45, 7) is 6.13. The minimum Gasteiger partial charge on any atom is -0.379 e. The highest BCUT2D eigenvalue weighted by atomic mass is 35.5. The van der Waals surface area contributed by atoms with E-state index in [9.17, 15) is 4.79 Å². The molecule has 1 unspecified atom stereocenters. The molecule has 108 valence electrons. The summed E-state index contributed by atoms with van der Waals surface area (Å²) >= 11 is 0. The quantitative estimate of drug-likeness (QED) is 0.610. The number of hydrogen-bond acceptors (Lipinski definition) is 4. The number of carbonyl (C=O) groups excluding carboxylic acids is 1. The average molecular weight is 281 g/mol. The van der Waals surface area contributed by atoms with Crippen molar-refractivity contribution in [2.75, 3.05) is 33.0 Å². The monoisotopic (exact) mass is 280 g/mol. The number of rotatable bonds is 9. The van der Waals surface area contributed by atoms with Gasteiger partial charge in [0.1, 0.15) is 6.61 Å². The molecular formula is C12H25ClN2O3. The maximum Gasteiger partial charge on any atom is 0.246 e. The minimum absolute atomic E-state index is 0. The lowest BCUT2D eigenvalue weighted by Crippen LogP contribution is -2.54. The molecule has 0 aliphatic heterocycles. The SMILES string of the molecule is CCOCCOCC(=O)NC(C)(CN)C1CC1.Cl. The fourth-order valence-corrected chi connectivity index (χ4v) is 1.82. The van der Waals surface area contributed by atoms with E-state index in [2.05, 4.69) is 5.32 Å². The van der Waals surface area contributed by atoms with Crippen molar-refractivity contribution in [1.82, 2.24) is 5.32 Å². The van der Waals surface area contributed by atoms with Crippen LogP contribution in [0.3, 0.4) is 0 Å². The van der Waals surface area contributed by atoms with E-state index >= 15 is 0 Å². The van der Waals surface area contributed by atoms with Crippen LogP contribution >= 0.6 is 12.4 Å². The van der Waals surface area contributed by atoms with Crippen LogP contribution in [0, 0.1) is 5.92 Å². The number of carbonyl (C=O) groups is 1. The summed E-state index contributed by atoms with van der Waals surface area (Å²) in [5, 5.41) is 2.97. The van der Waals surface area contributed by atoms with Crippen LogP contribution in [0.4, 0.5) is 0 Å². The van der Waals surface area contributed by atoms with Gasteiger partial charge >= 0.3 is 0 Å². The first kappa shape index (κ1) is 17.6. The summed E-state index contributed by atoms with van der Waals surface area (Å²) in [5.41, 5.74) is 5.45. The van der Waals surface area contributed by atoms with Gasteiger partial charge in [-0.2, -0.15) is 0 Å². The Hall–Kier alpha value is -0.360. The Bertz CT molecular complexity index is 249. The molecule has 0 radical (unpaired) electrons. The van der Waals surface area contributed by atoms with Crippen LogP contribution in [0.15, 0.2) is 0 Å². The smallest absolute Gasteiger partial charge is 0.246 e. The van der Waals surface area contributed by atoms with Crippen LogP contribution in [-0.2, 0) is 14.3 Å². The Morgan fingerprint density at radius 1 is 1.39 bits per heavy atom. The minimum atomic E-state index is -0.264. The average Bonchev–Trinajstić information content (AvgIpc) is 3.12. The van der Waals surface area contributed by atoms with E-state index < -0.39 is 0 Å². The van der Waals surface area contributed by atoms with E-state index in [0.717, 1.165) is 12.8 Å². The van der Waals surface area contributed by atoms with Crippen molar-refractivity contribution in [3.8, 4) is 0 Å². The molecule has 1 saturated carbocycles. The van der Waals surface area contributed by atoms with Crippen molar-refractivity contribution >= 4 is 18.3 Å². The predicted octanol–water partition coefficient (Wildman–Crippen LogP) is 0.705. The van der Waals surface area contributed by atoms with Crippen molar-refractivity contribution in [2.24, 2.45) is 11.7 Å². The van der Waals surface area contributed by atoms with E-state index in [1.165, 1.54) is 0 Å². The van der Waals surface area contributed by atoms with E-state index in [-0.39, 0.29) is 30.5 Å². The summed E-state index contributed by atoms with van der Waals surface area (Å²) in [6, 6.07) is 0. The van der Waals surface area contributed by atoms with Gasteiger partial charge in [-0.1, -0.05) is 0 Å². The molecule has 0 bridgehead atoms. The zero-order valence-electron chi connectivity index (χ0n) is 11.2. The first-order chi connectivity index (χ1) is 8.12. The van der Waals surface area contributed by atoms with Crippen LogP contribution in [-0.4, -0.2) is 44.4 Å². The van der Waals surface area contributed by atoms with Gasteiger partial charge in [-0.3, -0.25) is 4.79 Å². The molecule has 1 aliphatic rings. The lowest BCUT2D eigenvalue weighted by Gasteiger charge is -2.29. The molecule has 1 aliphatic carbocycles. The second-order valence-electron chi connectivity index (χ2n) is 4.69. The highest BCUT2D eigenvalue weighted by molar-refractivity contribution is 5.85. The van der Waals surface area contributed by atoms with E-state index in [1.807, 2.05) is 13.8 Å².